The first kappa shape index (κ1) is 16.8. The molecule has 1 N–H and O–H groups in total. The summed E-state index contributed by atoms with van der Waals surface area (Å²) in [5.41, 5.74) is 3.40. The van der Waals surface area contributed by atoms with Crippen molar-refractivity contribution in [3.8, 4) is 22.9 Å². The Morgan fingerprint density at radius 2 is 1.96 bits per heavy atom. The zero-order valence-electron chi connectivity index (χ0n) is 15.1. The minimum absolute atomic E-state index is 0.572. The van der Waals surface area contributed by atoms with E-state index in [9.17, 15) is 0 Å². The maximum absolute atomic E-state index is 5.57. The lowest BCUT2D eigenvalue weighted by molar-refractivity contribution is 0.389. The van der Waals surface area contributed by atoms with Gasteiger partial charge in [0.2, 0.25) is 5.88 Å². The average Bonchev–Trinajstić information content (AvgIpc) is 3.11. The van der Waals surface area contributed by atoms with Crippen molar-refractivity contribution in [1.29, 1.82) is 0 Å². The lowest BCUT2D eigenvalue weighted by Gasteiger charge is -2.08. The summed E-state index contributed by atoms with van der Waals surface area (Å²) in [7, 11) is 3.27. The average molecular weight is 361 g/mol. The fraction of sp³-hybridized carbons (Fsp3) is 0.150. The number of hydrogen-bond acceptors (Lipinski definition) is 6. The number of methoxy groups -OCH3 is 2. The van der Waals surface area contributed by atoms with Crippen molar-refractivity contribution < 1.29 is 9.47 Å². The van der Waals surface area contributed by atoms with Crippen molar-refractivity contribution in [2.45, 2.75) is 6.54 Å². The summed E-state index contributed by atoms with van der Waals surface area (Å²) in [6.07, 6.45) is 3.48. The van der Waals surface area contributed by atoms with Crippen molar-refractivity contribution in [3.63, 3.8) is 0 Å². The topological polar surface area (TPSA) is 73.6 Å². The summed E-state index contributed by atoms with van der Waals surface area (Å²) in [5, 5.41) is 7.94. The quantitative estimate of drug-likeness (QED) is 0.567. The van der Waals surface area contributed by atoms with Crippen LogP contribution in [0.25, 0.3) is 16.9 Å². The molecule has 0 aliphatic rings. The van der Waals surface area contributed by atoms with Gasteiger partial charge in [0, 0.05) is 24.5 Å². The Morgan fingerprint density at radius 1 is 1.04 bits per heavy atom. The molecule has 7 nitrogen and oxygen atoms in total. The molecule has 7 heteroatoms. The molecule has 4 aromatic rings. The van der Waals surface area contributed by atoms with Crippen LogP contribution in [0.3, 0.4) is 0 Å². The summed E-state index contributed by atoms with van der Waals surface area (Å²) in [5.74, 6) is 2.12. The van der Waals surface area contributed by atoms with E-state index < -0.39 is 0 Å². The molecule has 0 bridgehead atoms. The molecule has 3 heterocycles. The van der Waals surface area contributed by atoms with Crippen molar-refractivity contribution in [2.24, 2.45) is 0 Å². The van der Waals surface area contributed by atoms with Crippen LogP contribution in [-0.4, -0.2) is 33.8 Å². The molecule has 0 radical (unpaired) electrons. The van der Waals surface area contributed by atoms with Gasteiger partial charge in [0.1, 0.15) is 17.3 Å². The first-order valence-corrected chi connectivity index (χ1v) is 8.49. The van der Waals surface area contributed by atoms with Crippen molar-refractivity contribution >= 4 is 11.5 Å². The summed E-state index contributed by atoms with van der Waals surface area (Å²) in [4.78, 5) is 8.78. The van der Waals surface area contributed by atoms with Gasteiger partial charge in [0.25, 0.3) is 0 Å². The molecule has 4 rings (SSSR count). The highest BCUT2D eigenvalue weighted by Gasteiger charge is 2.16. The SMILES string of the molecule is COc1cccc(CNc2ccc3nc(-c4cccnc4)c(OC)n3n2)c1. The molecule has 0 amide bonds. The third-order valence-electron chi connectivity index (χ3n) is 4.17. The number of hydrogen-bond donors (Lipinski definition) is 1. The van der Waals surface area contributed by atoms with Gasteiger partial charge in [-0.1, -0.05) is 12.1 Å². The summed E-state index contributed by atoms with van der Waals surface area (Å²) >= 11 is 0. The normalized spacial score (nSPS) is 10.7. The molecule has 0 saturated heterocycles. The highest BCUT2D eigenvalue weighted by Crippen LogP contribution is 2.29. The second kappa shape index (κ2) is 7.33. The number of pyridine rings is 1. The van der Waals surface area contributed by atoms with E-state index >= 15 is 0 Å². The van der Waals surface area contributed by atoms with Gasteiger partial charge >= 0.3 is 0 Å². The van der Waals surface area contributed by atoms with Gasteiger partial charge in [-0.05, 0) is 42.0 Å². The van der Waals surface area contributed by atoms with Gasteiger partial charge in [-0.3, -0.25) is 4.98 Å². The lowest BCUT2D eigenvalue weighted by atomic mass is 10.2. The van der Waals surface area contributed by atoms with Crippen LogP contribution in [0.5, 0.6) is 11.6 Å². The van der Waals surface area contributed by atoms with Crippen LogP contribution in [0.15, 0.2) is 60.9 Å². The van der Waals surface area contributed by atoms with E-state index in [1.54, 1.807) is 31.1 Å². The number of nitrogens with zero attached hydrogens (tertiary/aromatic N) is 4. The van der Waals surface area contributed by atoms with Gasteiger partial charge in [-0.2, -0.15) is 4.52 Å². The predicted molar refractivity (Wildman–Crippen MR) is 103 cm³/mol. The summed E-state index contributed by atoms with van der Waals surface area (Å²) < 4.78 is 12.5. The third-order valence-corrected chi connectivity index (χ3v) is 4.17. The van der Waals surface area contributed by atoms with E-state index in [0.717, 1.165) is 22.7 Å². The highest BCUT2D eigenvalue weighted by atomic mass is 16.5. The zero-order valence-corrected chi connectivity index (χ0v) is 15.1. The third kappa shape index (κ3) is 3.39. The van der Waals surface area contributed by atoms with Crippen LogP contribution in [0.4, 0.5) is 5.82 Å². The molecule has 0 unspecified atom stereocenters. The first-order chi connectivity index (χ1) is 13.3. The van der Waals surface area contributed by atoms with Crippen LogP contribution in [-0.2, 0) is 6.54 Å². The second-order valence-electron chi connectivity index (χ2n) is 5.91. The molecule has 0 atom stereocenters. The number of rotatable bonds is 6. The predicted octanol–water partition coefficient (Wildman–Crippen LogP) is 3.42. The van der Waals surface area contributed by atoms with Crippen LogP contribution in [0.1, 0.15) is 5.56 Å². The minimum atomic E-state index is 0.572. The number of ether oxygens (including phenoxy) is 2. The molecule has 0 fully saturated rings. The first-order valence-electron chi connectivity index (χ1n) is 8.49. The van der Waals surface area contributed by atoms with Crippen LogP contribution in [0.2, 0.25) is 0 Å². The Balaban J connectivity index is 1.63. The summed E-state index contributed by atoms with van der Waals surface area (Å²) in [6.45, 7) is 0.627. The van der Waals surface area contributed by atoms with E-state index in [1.807, 2.05) is 48.5 Å². The monoisotopic (exact) mass is 361 g/mol. The molecule has 0 aliphatic heterocycles. The van der Waals surface area contributed by atoms with Crippen LogP contribution in [0, 0.1) is 0 Å². The van der Waals surface area contributed by atoms with E-state index in [2.05, 4.69) is 20.4 Å². The Labute approximate surface area is 156 Å². The number of imidazole rings is 1. The molecule has 136 valence electrons. The Bertz CT molecular complexity index is 1060. The maximum atomic E-state index is 5.57. The lowest BCUT2D eigenvalue weighted by Crippen LogP contribution is -2.05. The van der Waals surface area contributed by atoms with Gasteiger partial charge in [-0.15, -0.1) is 5.10 Å². The highest BCUT2D eigenvalue weighted by molar-refractivity contribution is 5.68. The number of aromatic nitrogens is 4. The Morgan fingerprint density at radius 3 is 2.74 bits per heavy atom. The summed E-state index contributed by atoms with van der Waals surface area (Å²) in [6, 6.07) is 15.5. The number of nitrogens with one attached hydrogen (secondary N) is 1. The van der Waals surface area contributed by atoms with Crippen molar-refractivity contribution in [3.05, 3.63) is 66.5 Å². The molecular weight excluding hydrogens is 342 g/mol. The van der Waals surface area contributed by atoms with E-state index in [1.165, 1.54) is 0 Å². The maximum Gasteiger partial charge on any atom is 0.243 e. The molecule has 0 aliphatic carbocycles. The number of benzene rings is 1. The molecule has 0 saturated carbocycles. The van der Waals surface area contributed by atoms with Crippen LogP contribution < -0.4 is 14.8 Å². The smallest absolute Gasteiger partial charge is 0.243 e. The Kier molecular flexibility index (Phi) is 4.57. The van der Waals surface area contributed by atoms with Gasteiger partial charge < -0.3 is 14.8 Å². The molecule has 1 aromatic carbocycles. The largest absolute Gasteiger partial charge is 0.497 e. The Hall–Kier alpha value is -3.61. The number of anilines is 1. The van der Waals surface area contributed by atoms with Crippen molar-refractivity contribution in [2.75, 3.05) is 19.5 Å². The van der Waals surface area contributed by atoms with Gasteiger partial charge in [0.15, 0.2) is 5.65 Å². The van der Waals surface area contributed by atoms with E-state index in [0.29, 0.717) is 23.8 Å². The van der Waals surface area contributed by atoms with E-state index in [4.69, 9.17) is 9.47 Å². The fourth-order valence-corrected chi connectivity index (χ4v) is 2.86. The molecule has 3 aromatic heterocycles. The minimum Gasteiger partial charge on any atom is -0.497 e. The van der Waals surface area contributed by atoms with Gasteiger partial charge in [-0.25, -0.2) is 4.98 Å². The second-order valence-corrected chi connectivity index (χ2v) is 5.91. The van der Waals surface area contributed by atoms with Gasteiger partial charge in [0.05, 0.1) is 14.2 Å². The molecule has 0 spiro atoms. The molecular formula is C20H19N5O2. The zero-order chi connectivity index (χ0) is 18.6. The number of fused-ring (bicyclic) bond motifs is 1. The van der Waals surface area contributed by atoms with Crippen LogP contribution >= 0.6 is 0 Å². The van der Waals surface area contributed by atoms with Crippen molar-refractivity contribution in [1.82, 2.24) is 19.6 Å². The van der Waals surface area contributed by atoms with E-state index in [-0.39, 0.29) is 0 Å². The standard InChI is InChI=1S/C20H19N5O2/c1-26-16-7-3-5-14(11-16)12-22-17-8-9-18-23-19(15-6-4-10-21-13-15)20(27-2)25(18)24-17/h3-11,13H,12H2,1-2H3,(H,22,24). The molecule has 27 heavy (non-hydrogen) atoms. The fourth-order valence-electron chi connectivity index (χ4n) is 2.86.